The van der Waals surface area contributed by atoms with Crippen LogP contribution in [0.4, 0.5) is 11.4 Å². The molecule has 1 heterocycles. The predicted octanol–water partition coefficient (Wildman–Crippen LogP) is 3.44. The summed E-state index contributed by atoms with van der Waals surface area (Å²) >= 11 is 0. The molecule has 0 aliphatic carbocycles. The maximum atomic E-state index is 12.6. The van der Waals surface area contributed by atoms with E-state index < -0.39 is 5.92 Å². The van der Waals surface area contributed by atoms with Crippen LogP contribution in [0.3, 0.4) is 0 Å². The summed E-state index contributed by atoms with van der Waals surface area (Å²) in [5.41, 5.74) is 2.97. The maximum Gasteiger partial charge on any atom is 0.261 e. The standard InChI is InChI=1S/C18H17N3O2/c1-12-7-9-14(10-8-12)21-18(23)15(13(2)20-21)11-19-16-5-3-4-6-17(16)22/h3-11,15,22H,1-2H3/b19-11+. The lowest BCUT2D eigenvalue weighted by Crippen LogP contribution is -2.27. The van der Waals surface area contributed by atoms with E-state index in [1.54, 1.807) is 31.2 Å². The molecule has 1 amide bonds. The van der Waals surface area contributed by atoms with Crippen LogP contribution in [0.5, 0.6) is 5.75 Å². The third-order valence-corrected chi connectivity index (χ3v) is 3.71. The lowest BCUT2D eigenvalue weighted by atomic mass is 10.1. The van der Waals surface area contributed by atoms with Crippen molar-refractivity contribution in [1.29, 1.82) is 0 Å². The van der Waals surface area contributed by atoms with Gasteiger partial charge in [-0.25, -0.2) is 0 Å². The minimum atomic E-state index is -0.518. The molecule has 2 aromatic carbocycles. The van der Waals surface area contributed by atoms with Crippen molar-refractivity contribution in [3.63, 3.8) is 0 Å². The minimum Gasteiger partial charge on any atom is -0.506 e. The quantitative estimate of drug-likeness (QED) is 0.883. The Morgan fingerprint density at radius 1 is 1.13 bits per heavy atom. The lowest BCUT2D eigenvalue weighted by molar-refractivity contribution is -0.118. The maximum absolute atomic E-state index is 12.6. The Labute approximate surface area is 134 Å². The van der Waals surface area contributed by atoms with Gasteiger partial charge in [-0.1, -0.05) is 29.8 Å². The average Bonchev–Trinajstić information content (AvgIpc) is 2.82. The summed E-state index contributed by atoms with van der Waals surface area (Å²) in [4.78, 5) is 16.8. The molecular formula is C18H17N3O2. The number of phenolic OH excluding ortho intramolecular Hbond substituents is 1. The minimum absolute atomic E-state index is 0.0826. The van der Waals surface area contributed by atoms with E-state index in [-0.39, 0.29) is 11.7 Å². The van der Waals surface area contributed by atoms with Gasteiger partial charge < -0.3 is 5.11 Å². The summed E-state index contributed by atoms with van der Waals surface area (Å²) in [6, 6.07) is 14.4. The van der Waals surface area contributed by atoms with Crippen molar-refractivity contribution in [2.45, 2.75) is 13.8 Å². The van der Waals surface area contributed by atoms with Gasteiger partial charge in [0.25, 0.3) is 5.91 Å². The van der Waals surface area contributed by atoms with Gasteiger partial charge in [0.1, 0.15) is 17.4 Å². The third kappa shape index (κ3) is 2.99. The van der Waals surface area contributed by atoms with Crippen molar-refractivity contribution in [3.8, 4) is 5.75 Å². The number of phenols is 1. The molecule has 0 saturated heterocycles. The first-order chi connectivity index (χ1) is 11.1. The summed E-state index contributed by atoms with van der Waals surface area (Å²) in [6.07, 6.45) is 1.53. The van der Waals surface area contributed by atoms with E-state index in [1.165, 1.54) is 11.2 Å². The highest BCUT2D eigenvalue weighted by molar-refractivity contribution is 6.23. The van der Waals surface area contributed by atoms with Crippen LogP contribution in [-0.2, 0) is 4.79 Å². The second-order valence-corrected chi connectivity index (χ2v) is 5.47. The highest BCUT2D eigenvalue weighted by Gasteiger charge is 2.33. The van der Waals surface area contributed by atoms with Gasteiger partial charge in [0.05, 0.1) is 11.4 Å². The van der Waals surface area contributed by atoms with Crippen LogP contribution in [0.15, 0.2) is 58.6 Å². The van der Waals surface area contributed by atoms with Gasteiger partial charge in [-0.05, 0) is 38.1 Å². The number of anilines is 1. The van der Waals surface area contributed by atoms with Crippen molar-refractivity contribution in [2.75, 3.05) is 5.01 Å². The predicted molar refractivity (Wildman–Crippen MR) is 91.5 cm³/mol. The molecule has 0 fully saturated rings. The molecule has 2 aromatic rings. The molecule has 1 aliphatic heterocycles. The van der Waals surface area contributed by atoms with Gasteiger partial charge in [0.2, 0.25) is 0 Å². The fraction of sp³-hybridized carbons (Fsp3) is 0.167. The number of hydrogen-bond donors (Lipinski definition) is 1. The van der Waals surface area contributed by atoms with E-state index in [0.29, 0.717) is 11.4 Å². The van der Waals surface area contributed by atoms with Crippen LogP contribution in [0.1, 0.15) is 12.5 Å². The molecule has 116 valence electrons. The number of aryl methyl sites for hydroxylation is 1. The second kappa shape index (κ2) is 6.04. The number of benzene rings is 2. The monoisotopic (exact) mass is 307 g/mol. The zero-order valence-corrected chi connectivity index (χ0v) is 13.0. The number of aliphatic imine (C=N–C) groups is 1. The smallest absolute Gasteiger partial charge is 0.261 e. The molecular weight excluding hydrogens is 290 g/mol. The van der Waals surface area contributed by atoms with E-state index in [4.69, 9.17) is 0 Å². The van der Waals surface area contributed by atoms with Gasteiger partial charge in [0.15, 0.2) is 0 Å². The second-order valence-electron chi connectivity index (χ2n) is 5.47. The molecule has 1 unspecified atom stereocenters. The van der Waals surface area contributed by atoms with Crippen LogP contribution in [0.25, 0.3) is 0 Å². The number of carbonyl (C=O) groups excluding carboxylic acids is 1. The van der Waals surface area contributed by atoms with Gasteiger partial charge in [0, 0.05) is 6.21 Å². The summed E-state index contributed by atoms with van der Waals surface area (Å²) in [7, 11) is 0. The first-order valence-corrected chi connectivity index (χ1v) is 7.34. The molecule has 0 aromatic heterocycles. The normalized spacial score (nSPS) is 17.8. The molecule has 23 heavy (non-hydrogen) atoms. The van der Waals surface area contributed by atoms with E-state index in [0.717, 1.165) is 11.3 Å². The van der Waals surface area contributed by atoms with E-state index >= 15 is 0 Å². The Morgan fingerprint density at radius 3 is 2.52 bits per heavy atom. The Hall–Kier alpha value is -2.95. The van der Waals surface area contributed by atoms with Crippen LogP contribution in [-0.4, -0.2) is 22.9 Å². The fourth-order valence-electron chi connectivity index (χ4n) is 2.35. The third-order valence-electron chi connectivity index (χ3n) is 3.71. The molecule has 0 spiro atoms. The zero-order chi connectivity index (χ0) is 16.4. The number of nitrogens with zero attached hydrogens (tertiary/aromatic N) is 3. The van der Waals surface area contributed by atoms with Crippen molar-refractivity contribution in [2.24, 2.45) is 16.0 Å². The van der Waals surface area contributed by atoms with Gasteiger partial charge in [-0.15, -0.1) is 0 Å². The SMILES string of the molecule is CC1=NN(c2ccc(C)cc2)C(=O)C1/C=N/c1ccccc1O. The largest absolute Gasteiger partial charge is 0.506 e. The first-order valence-electron chi connectivity index (χ1n) is 7.34. The molecule has 0 saturated carbocycles. The topological polar surface area (TPSA) is 65.3 Å². The van der Waals surface area contributed by atoms with Crippen molar-refractivity contribution < 1.29 is 9.90 Å². The number of hydrazone groups is 1. The van der Waals surface area contributed by atoms with E-state index in [9.17, 15) is 9.90 Å². The van der Waals surface area contributed by atoms with Crippen molar-refractivity contribution in [3.05, 3.63) is 54.1 Å². The van der Waals surface area contributed by atoms with Crippen LogP contribution >= 0.6 is 0 Å². The molecule has 0 bridgehead atoms. The number of carbonyl (C=O) groups is 1. The Balaban J connectivity index is 1.83. The Kier molecular flexibility index (Phi) is 3.93. The van der Waals surface area contributed by atoms with Gasteiger partial charge in [-0.2, -0.15) is 10.1 Å². The van der Waals surface area contributed by atoms with E-state index in [2.05, 4.69) is 10.1 Å². The molecule has 1 atom stereocenters. The first kappa shape index (κ1) is 15.0. The van der Waals surface area contributed by atoms with Gasteiger partial charge >= 0.3 is 0 Å². The summed E-state index contributed by atoms with van der Waals surface area (Å²) in [6.45, 7) is 3.79. The molecule has 3 rings (SSSR count). The van der Waals surface area contributed by atoms with Crippen molar-refractivity contribution >= 4 is 29.2 Å². The number of hydrogen-bond acceptors (Lipinski definition) is 4. The van der Waals surface area contributed by atoms with Crippen LogP contribution < -0.4 is 5.01 Å². The highest BCUT2D eigenvalue weighted by Crippen LogP contribution is 2.27. The summed E-state index contributed by atoms with van der Waals surface area (Å²) in [5, 5.41) is 15.5. The number of aromatic hydroxyl groups is 1. The zero-order valence-electron chi connectivity index (χ0n) is 13.0. The van der Waals surface area contributed by atoms with Crippen LogP contribution in [0.2, 0.25) is 0 Å². The Bertz CT molecular complexity index is 794. The molecule has 1 aliphatic rings. The molecule has 0 radical (unpaired) electrons. The lowest BCUT2D eigenvalue weighted by Gasteiger charge is -2.12. The number of amides is 1. The molecule has 5 nitrogen and oxygen atoms in total. The number of para-hydroxylation sites is 2. The summed E-state index contributed by atoms with van der Waals surface area (Å²) < 4.78 is 0. The summed E-state index contributed by atoms with van der Waals surface area (Å²) in [5.74, 6) is -0.583. The highest BCUT2D eigenvalue weighted by atomic mass is 16.3. The average molecular weight is 307 g/mol. The van der Waals surface area contributed by atoms with E-state index in [1.807, 2.05) is 31.2 Å². The van der Waals surface area contributed by atoms with Crippen LogP contribution in [0, 0.1) is 12.8 Å². The van der Waals surface area contributed by atoms with Gasteiger partial charge in [-0.3, -0.25) is 9.79 Å². The molecule has 5 heteroatoms. The number of rotatable bonds is 3. The molecule has 1 N–H and O–H groups in total. The fourth-order valence-corrected chi connectivity index (χ4v) is 2.35. The van der Waals surface area contributed by atoms with Crippen molar-refractivity contribution in [1.82, 2.24) is 0 Å². The Morgan fingerprint density at radius 2 is 1.83 bits per heavy atom.